The summed E-state index contributed by atoms with van der Waals surface area (Å²) in [6.45, 7) is 13.9. The number of hydrogen-bond acceptors (Lipinski definition) is 13. The largest absolute Gasteiger partial charge is 0.481 e. The van der Waals surface area contributed by atoms with Crippen molar-refractivity contribution in [2.75, 3.05) is 49.8 Å². The molecule has 0 amide bonds. The number of ether oxygens (including phenoxy) is 9. The molecule has 0 unspecified atom stereocenters. The highest BCUT2D eigenvalue weighted by molar-refractivity contribution is 5.84. The molecule has 14 heteroatoms. The number of cyclic esters (lactones) is 1. The van der Waals surface area contributed by atoms with Crippen LogP contribution < -0.4 is 0 Å². The lowest BCUT2D eigenvalue weighted by molar-refractivity contribution is -0.152. The van der Waals surface area contributed by atoms with Crippen LogP contribution in [0.4, 0.5) is 0 Å². The van der Waals surface area contributed by atoms with Gasteiger partial charge in [0.05, 0.1) is 42.7 Å². The fraction of sp³-hybridized carbons (Fsp3) is 0.731. The number of carbonyl (C=O) groups excluding carboxylic acids is 3. The van der Waals surface area contributed by atoms with Gasteiger partial charge in [0.2, 0.25) is 0 Å². The second-order valence-electron chi connectivity index (χ2n) is 18.5. The lowest BCUT2D eigenvalue weighted by Gasteiger charge is -2.35. The highest BCUT2D eigenvalue weighted by atomic mass is 16.6. The van der Waals surface area contributed by atoms with Crippen LogP contribution in [0, 0.1) is 35.5 Å². The van der Waals surface area contributed by atoms with Crippen molar-refractivity contribution in [1.82, 2.24) is 0 Å². The summed E-state index contributed by atoms with van der Waals surface area (Å²) in [5.74, 6) is -3.14. The number of Topliss-reactive ketones (excluding diaryl/α,β-unsaturated/α-hetero) is 1. The summed E-state index contributed by atoms with van der Waals surface area (Å²) in [5.41, 5.74) is 1.91. The van der Waals surface area contributed by atoms with Crippen molar-refractivity contribution in [2.24, 2.45) is 35.5 Å². The molecule has 0 saturated heterocycles. The Kier molecular flexibility index (Phi) is 27.4. The summed E-state index contributed by atoms with van der Waals surface area (Å²) in [5, 5.41) is 9.17. The predicted octanol–water partition coefficient (Wildman–Crippen LogP) is 8.46. The molecule has 2 bridgehead atoms. The van der Waals surface area contributed by atoms with Crippen LogP contribution in [0.5, 0.6) is 0 Å². The quantitative estimate of drug-likeness (QED) is 0.103. The van der Waals surface area contributed by atoms with Gasteiger partial charge < -0.3 is 47.7 Å². The molecule has 2 aliphatic heterocycles. The molecule has 66 heavy (non-hydrogen) atoms. The number of rotatable bonds is 18. The SMILES string of the molecule is CO[C@H]1CC2=CC(=O)O[C@@H](C2)[C@@H](C)[C@H](OC)C[C@@H](OC)/C=C/[C@H](C)[C@@H](OC)C[C@@H](OC)/C=C/[C@H](C)[C@H]([C@H](C)[C@H](OC)[C@H](C)CCC(=O)[C@H](C)[C@H](CCC(=O)O)OC)OC(=O)/C=C/C=C(\C)C1. The van der Waals surface area contributed by atoms with Gasteiger partial charge in [-0.1, -0.05) is 89.1 Å². The lowest BCUT2D eigenvalue weighted by Crippen LogP contribution is -2.41. The van der Waals surface area contributed by atoms with E-state index in [0.717, 1.165) is 11.1 Å². The van der Waals surface area contributed by atoms with Crippen LogP contribution in [-0.2, 0) is 61.8 Å². The first-order valence-electron chi connectivity index (χ1n) is 23.6. The van der Waals surface area contributed by atoms with E-state index in [-0.39, 0.29) is 103 Å². The summed E-state index contributed by atoms with van der Waals surface area (Å²) < 4.78 is 53.5. The Morgan fingerprint density at radius 3 is 1.91 bits per heavy atom. The first-order valence-corrected chi connectivity index (χ1v) is 23.6. The van der Waals surface area contributed by atoms with Gasteiger partial charge in [0.1, 0.15) is 18.0 Å². The molecule has 2 aliphatic rings. The summed E-state index contributed by atoms with van der Waals surface area (Å²) in [4.78, 5) is 51.1. The van der Waals surface area contributed by atoms with Crippen molar-refractivity contribution >= 4 is 23.7 Å². The third-order valence-electron chi connectivity index (χ3n) is 13.7. The zero-order valence-corrected chi connectivity index (χ0v) is 42.4. The van der Waals surface area contributed by atoms with Crippen molar-refractivity contribution in [3.8, 4) is 0 Å². The number of esters is 2. The topological polar surface area (TPSA) is 172 Å². The Morgan fingerprint density at radius 1 is 0.727 bits per heavy atom. The van der Waals surface area contributed by atoms with E-state index in [2.05, 4.69) is 13.0 Å². The molecule has 1 N–H and O–H groups in total. The van der Waals surface area contributed by atoms with Gasteiger partial charge in [-0.2, -0.15) is 0 Å². The molecular formula is C52H84O14. The number of aliphatic carboxylic acids is 1. The average molecular weight is 933 g/mol. The van der Waals surface area contributed by atoms with Gasteiger partial charge in [0.25, 0.3) is 0 Å². The number of methoxy groups -OCH3 is 7. The fourth-order valence-corrected chi connectivity index (χ4v) is 9.31. The van der Waals surface area contributed by atoms with E-state index in [9.17, 15) is 19.2 Å². The third kappa shape index (κ3) is 19.6. The van der Waals surface area contributed by atoms with E-state index in [4.69, 9.17) is 47.7 Å². The van der Waals surface area contributed by atoms with E-state index >= 15 is 0 Å². The number of carbonyl (C=O) groups is 4. The van der Waals surface area contributed by atoms with Crippen LogP contribution in [0.3, 0.4) is 0 Å². The lowest BCUT2D eigenvalue weighted by atomic mass is 9.81. The number of hydrogen-bond donors (Lipinski definition) is 1. The first kappa shape index (κ1) is 58.6. The van der Waals surface area contributed by atoms with Crippen LogP contribution in [0.2, 0.25) is 0 Å². The van der Waals surface area contributed by atoms with E-state index in [1.165, 1.54) is 13.2 Å². The fourth-order valence-electron chi connectivity index (χ4n) is 9.31. The molecule has 0 radical (unpaired) electrons. The number of ketones is 1. The van der Waals surface area contributed by atoms with Crippen molar-refractivity contribution in [2.45, 2.75) is 161 Å². The molecule has 15 atom stereocenters. The Hall–Kier alpha value is -3.50. The molecule has 376 valence electrons. The first-order chi connectivity index (χ1) is 31.4. The molecule has 2 heterocycles. The molecule has 0 fully saturated rings. The van der Waals surface area contributed by atoms with E-state index in [1.54, 1.807) is 61.7 Å². The Balaban J connectivity index is 2.51. The second-order valence-corrected chi connectivity index (χ2v) is 18.5. The minimum absolute atomic E-state index is 0.0116. The normalized spacial score (nSPS) is 32.5. The van der Waals surface area contributed by atoms with Gasteiger partial charge in [-0.25, -0.2) is 9.59 Å². The molecule has 0 aromatic heterocycles. The maximum atomic E-state index is 13.7. The second kappa shape index (κ2) is 30.8. The van der Waals surface area contributed by atoms with Crippen LogP contribution in [0.15, 0.2) is 59.8 Å². The third-order valence-corrected chi connectivity index (χ3v) is 13.7. The summed E-state index contributed by atoms with van der Waals surface area (Å²) in [6.07, 6.45) is 15.2. The van der Waals surface area contributed by atoms with Crippen LogP contribution in [0.1, 0.15) is 106 Å². The highest BCUT2D eigenvalue weighted by Crippen LogP contribution is 2.33. The monoisotopic (exact) mass is 933 g/mol. The Labute approximate surface area is 395 Å². The average Bonchev–Trinajstić information content (AvgIpc) is 3.29. The maximum absolute atomic E-state index is 13.7. The summed E-state index contributed by atoms with van der Waals surface area (Å²) >= 11 is 0. The van der Waals surface area contributed by atoms with Crippen molar-refractivity contribution in [3.05, 3.63) is 59.8 Å². The van der Waals surface area contributed by atoms with E-state index in [1.807, 2.05) is 58.9 Å². The van der Waals surface area contributed by atoms with Crippen molar-refractivity contribution in [3.63, 3.8) is 0 Å². The van der Waals surface area contributed by atoms with Gasteiger partial charge >= 0.3 is 17.9 Å². The summed E-state index contributed by atoms with van der Waals surface area (Å²) in [7, 11) is 11.5. The zero-order valence-electron chi connectivity index (χ0n) is 42.4. The van der Waals surface area contributed by atoms with Crippen LogP contribution in [-0.4, -0.2) is 134 Å². The standard InChI is InChI=1S/C52H84O14/c1-32-16-15-17-49(56)66-52(38(7)51(64-14)34(3)20-23-43(53)36(5)44(61-11)24-25-48(54)55)35(4)19-22-40(58-8)30-45(62-12)33(2)18-21-41(59-9)31-46(63-13)37(6)47-28-39(29-50(57)65-47)27-42(26-32)60-10/h15-19,21-22,29,33-38,40-42,44-47,51-52H,20,23-28,30-31H2,1-14H3,(H,54,55)/b17-15+,21-18+,22-19+,32-16+/t33-,34+,35-,36-,37-,38+,40-,41-,42+,44-,45-,46+,47-,51+,52+/m0/s1. The number of carboxylic acid groups (broad SMARTS) is 1. The molecular weight excluding hydrogens is 849 g/mol. The van der Waals surface area contributed by atoms with Gasteiger partial charge in [0, 0.05) is 124 Å². The molecule has 0 spiro atoms. The Morgan fingerprint density at radius 2 is 1.35 bits per heavy atom. The molecule has 0 aliphatic carbocycles. The highest BCUT2D eigenvalue weighted by Gasteiger charge is 2.37. The smallest absolute Gasteiger partial charge is 0.331 e. The van der Waals surface area contributed by atoms with E-state index in [0.29, 0.717) is 38.5 Å². The van der Waals surface area contributed by atoms with E-state index < -0.39 is 30.1 Å². The van der Waals surface area contributed by atoms with Crippen molar-refractivity contribution in [1.29, 1.82) is 0 Å². The maximum Gasteiger partial charge on any atom is 0.331 e. The number of fused-ring (bicyclic) bond motifs is 2. The van der Waals surface area contributed by atoms with Crippen LogP contribution >= 0.6 is 0 Å². The van der Waals surface area contributed by atoms with Crippen LogP contribution in [0.25, 0.3) is 0 Å². The molecule has 14 nitrogen and oxygen atoms in total. The zero-order chi connectivity index (χ0) is 49.5. The minimum atomic E-state index is -0.935. The van der Waals surface area contributed by atoms with Gasteiger partial charge in [0.15, 0.2) is 0 Å². The van der Waals surface area contributed by atoms with Gasteiger partial charge in [-0.15, -0.1) is 0 Å². The molecule has 0 aromatic rings. The van der Waals surface area contributed by atoms with Gasteiger partial charge in [-0.05, 0) is 38.5 Å². The molecule has 0 saturated carbocycles. The van der Waals surface area contributed by atoms with Crippen molar-refractivity contribution < 1.29 is 66.9 Å². The number of allylic oxidation sites excluding steroid dienone is 2. The Bertz CT molecular complexity index is 1630. The minimum Gasteiger partial charge on any atom is -0.481 e. The predicted molar refractivity (Wildman–Crippen MR) is 254 cm³/mol. The molecule has 0 aromatic carbocycles. The summed E-state index contributed by atoms with van der Waals surface area (Å²) in [6, 6.07) is 0. The van der Waals surface area contributed by atoms with Gasteiger partial charge in [-0.3, -0.25) is 9.59 Å². The number of carboxylic acids is 1. The molecule has 2 rings (SSSR count).